The van der Waals surface area contributed by atoms with Crippen molar-refractivity contribution in [3.63, 3.8) is 0 Å². The van der Waals surface area contributed by atoms with Crippen LogP contribution in [-0.4, -0.2) is 29.3 Å². The molecule has 2 N–H and O–H groups in total. The van der Waals surface area contributed by atoms with Crippen molar-refractivity contribution in [3.05, 3.63) is 78.1 Å². The van der Waals surface area contributed by atoms with E-state index in [-0.39, 0.29) is 11.5 Å². The minimum absolute atomic E-state index is 0.125. The Morgan fingerprint density at radius 1 is 1.11 bits per heavy atom. The number of azo groups is 1. The SMILES string of the molecule is COc1cc(N=Nc2ccccc2)cc(/C=N/NC(=O)c2cccnc2)c1O. The molecule has 0 radical (unpaired) electrons. The summed E-state index contributed by atoms with van der Waals surface area (Å²) in [7, 11) is 1.43. The molecule has 0 aliphatic heterocycles. The summed E-state index contributed by atoms with van der Waals surface area (Å²) >= 11 is 0. The van der Waals surface area contributed by atoms with Gasteiger partial charge in [0.1, 0.15) is 0 Å². The summed E-state index contributed by atoms with van der Waals surface area (Å²) in [4.78, 5) is 15.9. The van der Waals surface area contributed by atoms with Crippen molar-refractivity contribution in [3.8, 4) is 11.5 Å². The van der Waals surface area contributed by atoms with Gasteiger partial charge in [-0.05, 0) is 30.3 Å². The maximum Gasteiger partial charge on any atom is 0.272 e. The van der Waals surface area contributed by atoms with Gasteiger partial charge in [0.25, 0.3) is 5.91 Å². The number of hydrogen-bond donors (Lipinski definition) is 2. The van der Waals surface area contributed by atoms with Gasteiger partial charge in [-0.1, -0.05) is 18.2 Å². The minimum atomic E-state index is -0.421. The van der Waals surface area contributed by atoms with Gasteiger partial charge in [0.2, 0.25) is 0 Å². The number of carbonyl (C=O) groups is 1. The van der Waals surface area contributed by atoms with E-state index in [1.807, 2.05) is 30.3 Å². The lowest BCUT2D eigenvalue weighted by molar-refractivity contribution is 0.0954. The number of pyridine rings is 1. The summed E-state index contributed by atoms with van der Waals surface area (Å²) in [5.74, 6) is -0.333. The number of carbonyl (C=O) groups excluding carboxylic acids is 1. The molecule has 0 spiro atoms. The van der Waals surface area contributed by atoms with E-state index in [0.717, 1.165) is 0 Å². The van der Waals surface area contributed by atoms with Crippen molar-refractivity contribution in [1.29, 1.82) is 0 Å². The van der Waals surface area contributed by atoms with E-state index in [4.69, 9.17) is 4.74 Å². The third kappa shape index (κ3) is 4.76. The number of methoxy groups -OCH3 is 1. The predicted molar refractivity (Wildman–Crippen MR) is 105 cm³/mol. The second kappa shape index (κ2) is 9.04. The van der Waals surface area contributed by atoms with Gasteiger partial charge >= 0.3 is 0 Å². The van der Waals surface area contributed by atoms with Crippen molar-refractivity contribution in [1.82, 2.24) is 10.4 Å². The lowest BCUT2D eigenvalue weighted by atomic mass is 10.2. The van der Waals surface area contributed by atoms with Crippen molar-refractivity contribution in [2.24, 2.45) is 15.3 Å². The Kier molecular flexibility index (Phi) is 6.04. The summed E-state index contributed by atoms with van der Waals surface area (Å²) in [6.45, 7) is 0. The van der Waals surface area contributed by atoms with Gasteiger partial charge in [-0.25, -0.2) is 5.43 Å². The van der Waals surface area contributed by atoms with Crippen molar-refractivity contribution < 1.29 is 14.6 Å². The quantitative estimate of drug-likeness (QED) is 0.386. The zero-order chi connectivity index (χ0) is 19.8. The molecule has 0 fully saturated rings. The lowest BCUT2D eigenvalue weighted by Crippen LogP contribution is -2.17. The van der Waals surface area contributed by atoms with Gasteiger partial charge in [-0.3, -0.25) is 9.78 Å². The van der Waals surface area contributed by atoms with Gasteiger partial charge in [-0.2, -0.15) is 15.3 Å². The van der Waals surface area contributed by atoms with E-state index in [9.17, 15) is 9.90 Å². The molecule has 0 saturated heterocycles. The highest BCUT2D eigenvalue weighted by Crippen LogP contribution is 2.34. The summed E-state index contributed by atoms with van der Waals surface area (Å²) < 4.78 is 5.17. The van der Waals surface area contributed by atoms with E-state index >= 15 is 0 Å². The number of aromatic nitrogens is 1. The van der Waals surface area contributed by atoms with Crippen LogP contribution in [0.2, 0.25) is 0 Å². The molecular weight excluding hydrogens is 358 g/mol. The molecule has 0 aliphatic rings. The third-order valence-electron chi connectivity index (χ3n) is 3.64. The average Bonchev–Trinajstić information content (AvgIpc) is 2.75. The number of hydrazone groups is 1. The molecule has 1 aromatic heterocycles. The second-order valence-corrected chi connectivity index (χ2v) is 5.56. The molecule has 0 saturated carbocycles. The van der Waals surface area contributed by atoms with Gasteiger partial charge in [0.15, 0.2) is 11.5 Å². The highest BCUT2D eigenvalue weighted by atomic mass is 16.5. The van der Waals surface area contributed by atoms with Crippen LogP contribution in [0.3, 0.4) is 0 Å². The smallest absolute Gasteiger partial charge is 0.272 e. The minimum Gasteiger partial charge on any atom is -0.504 e. The van der Waals surface area contributed by atoms with Crippen LogP contribution in [0.5, 0.6) is 11.5 Å². The standard InChI is InChI=1S/C20H17N5O3/c1-28-18-11-17(24-23-16-7-3-2-4-8-16)10-15(19(18)26)13-22-25-20(27)14-6-5-9-21-12-14/h2-13,26H,1H3,(H,25,27)/b22-13+,24-23?. The van der Waals surface area contributed by atoms with Gasteiger partial charge < -0.3 is 9.84 Å². The Morgan fingerprint density at radius 3 is 2.61 bits per heavy atom. The maximum atomic E-state index is 12.0. The average molecular weight is 375 g/mol. The van der Waals surface area contributed by atoms with Crippen LogP contribution < -0.4 is 10.2 Å². The molecule has 8 heteroatoms. The zero-order valence-electron chi connectivity index (χ0n) is 15.0. The number of hydrogen-bond acceptors (Lipinski definition) is 7. The Balaban J connectivity index is 1.79. The number of nitrogens with zero attached hydrogens (tertiary/aromatic N) is 4. The maximum absolute atomic E-state index is 12.0. The summed E-state index contributed by atoms with van der Waals surface area (Å²) in [6.07, 6.45) is 4.30. The van der Waals surface area contributed by atoms with Crippen LogP contribution in [0.4, 0.5) is 11.4 Å². The fourth-order valence-electron chi connectivity index (χ4n) is 2.26. The molecule has 0 atom stereocenters. The molecule has 1 amide bonds. The summed E-state index contributed by atoms with van der Waals surface area (Å²) in [5.41, 5.74) is 4.20. The lowest BCUT2D eigenvalue weighted by Gasteiger charge is -2.07. The summed E-state index contributed by atoms with van der Waals surface area (Å²) in [5, 5.41) is 22.4. The van der Waals surface area contributed by atoms with E-state index in [1.165, 1.54) is 19.5 Å². The molecule has 28 heavy (non-hydrogen) atoms. The first kappa shape index (κ1) is 18.7. The molecule has 0 bridgehead atoms. The molecule has 3 rings (SSSR count). The van der Waals surface area contributed by atoms with E-state index < -0.39 is 5.91 Å². The molecule has 140 valence electrons. The van der Waals surface area contributed by atoms with Crippen LogP contribution in [0.25, 0.3) is 0 Å². The van der Waals surface area contributed by atoms with Crippen LogP contribution in [0.1, 0.15) is 15.9 Å². The number of rotatable bonds is 6. The van der Waals surface area contributed by atoms with Gasteiger partial charge in [0.05, 0.1) is 30.3 Å². The Hall–Kier alpha value is -4.07. The summed E-state index contributed by atoms with van der Waals surface area (Å²) in [6, 6.07) is 15.6. The molecule has 0 unspecified atom stereocenters. The van der Waals surface area contributed by atoms with Crippen LogP contribution in [-0.2, 0) is 0 Å². The topological polar surface area (TPSA) is 109 Å². The van der Waals surface area contributed by atoms with E-state index in [2.05, 4.69) is 25.7 Å². The van der Waals surface area contributed by atoms with Crippen LogP contribution >= 0.6 is 0 Å². The molecule has 8 nitrogen and oxygen atoms in total. The second-order valence-electron chi connectivity index (χ2n) is 5.56. The molecule has 1 heterocycles. The van der Waals surface area contributed by atoms with E-state index in [1.54, 1.807) is 30.5 Å². The molecule has 2 aromatic carbocycles. The molecular formula is C20H17N5O3. The van der Waals surface area contributed by atoms with Crippen molar-refractivity contribution in [2.75, 3.05) is 7.11 Å². The largest absolute Gasteiger partial charge is 0.504 e. The van der Waals surface area contributed by atoms with Crippen LogP contribution in [0.15, 0.2) is 82.3 Å². The van der Waals surface area contributed by atoms with Crippen LogP contribution in [0, 0.1) is 0 Å². The molecule has 0 aliphatic carbocycles. The van der Waals surface area contributed by atoms with E-state index in [0.29, 0.717) is 22.5 Å². The third-order valence-corrected chi connectivity index (χ3v) is 3.64. The number of ether oxygens (including phenoxy) is 1. The predicted octanol–water partition coefficient (Wildman–Crippen LogP) is 3.98. The van der Waals surface area contributed by atoms with Crippen molar-refractivity contribution >= 4 is 23.5 Å². The first-order valence-electron chi connectivity index (χ1n) is 8.28. The number of benzene rings is 2. The van der Waals surface area contributed by atoms with Crippen molar-refractivity contribution in [2.45, 2.75) is 0 Å². The Labute approximate surface area is 161 Å². The number of amides is 1. The zero-order valence-corrected chi connectivity index (χ0v) is 15.0. The first-order chi connectivity index (χ1) is 13.7. The number of phenols is 1. The highest BCUT2D eigenvalue weighted by molar-refractivity contribution is 5.95. The fraction of sp³-hybridized carbons (Fsp3) is 0.0500. The normalized spacial score (nSPS) is 11.0. The Bertz CT molecular complexity index is 1010. The fourth-order valence-corrected chi connectivity index (χ4v) is 2.26. The van der Waals surface area contributed by atoms with Gasteiger partial charge in [0, 0.05) is 24.0 Å². The number of aromatic hydroxyl groups is 1. The molecule has 3 aromatic rings. The number of phenolic OH excluding ortho intramolecular Hbond substituents is 1. The van der Waals surface area contributed by atoms with Gasteiger partial charge in [-0.15, -0.1) is 0 Å². The monoisotopic (exact) mass is 375 g/mol. The first-order valence-corrected chi connectivity index (χ1v) is 8.28. The Morgan fingerprint density at radius 2 is 1.89 bits per heavy atom. The highest BCUT2D eigenvalue weighted by Gasteiger charge is 2.10. The number of nitrogens with one attached hydrogen (secondary N) is 1.